The summed E-state index contributed by atoms with van der Waals surface area (Å²) in [6.45, 7) is 7.93. The highest BCUT2D eigenvalue weighted by Gasteiger charge is 2.24. The summed E-state index contributed by atoms with van der Waals surface area (Å²) < 4.78 is 21.1. The van der Waals surface area contributed by atoms with Crippen molar-refractivity contribution in [1.29, 1.82) is 0 Å². The number of aryl methyl sites for hydroxylation is 1. The molecule has 0 saturated carbocycles. The smallest absolute Gasteiger partial charge is 0.123 e. The topological polar surface area (TPSA) is 33.5 Å². The Morgan fingerprint density at radius 3 is 2.81 bits per heavy atom. The zero-order chi connectivity index (χ0) is 22.5. The molecule has 3 aromatic rings. The zero-order valence-electron chi connectivity index (χ0n) is 19.3. The first kappa shape index (κ1) is 22.6. The quantitative estimate of drug-likeness (QED) is 0.498. The Balaban J connectivity index is 1.53. The summed E-state index contributed by atoms with van der Waals surface area (Å²) in [5.41, 5.74) is 4.95. The molecule has 1 aliphatic rings. The Morgan fingerprint density at radius 2 is 2.03 bits per heavy atom. The third-order valence-corrected chi connectivity index (χ3v) is 6.15. The molecular weight excluding hydrogens is 403 g/mol. The molecule has 0 amide bonds. The van der Waals surface area contributed by atoms with Crippen LogP contribution in [0.4, 0.5) is 4.39 Å². The van der Waals surface area contributed by atoms with Crippen molar-refractivity contribution in [3.63, 3.8) is 0 Å². The molecule has 0 radical (unpaired) electrons. The molecule has 0 bridgehead atoms. The number of rotatable bonds is 9. The lowest BCUT2D eigenvalue weighted by atomic mass is 10.1. The van der Waals surface area contributed by atoms with Crippen molar-refractivity contribution in [1.82, 2.24) is 19.6 Å². The highest BCUT2D eigenvalue weighted by molar-refractivity contribution is 5.63. The maximum Gasteiger partial charge on any atom is 0.123 e. The molecule has 0 spiro atoms. The number of hydrogen-bond acceptors (Lipinski definition) is 4. The highest BCUT2D eigenvalue weighted by atomic mass is 19.1. The van der Waals surface area contributed by atoms with Gasteiger partial charge in [0.2, 0.25) is 0 Å². The van der Waals surface area contributed by atoms with E-state index in [4.69, 9.17) is 9.84 Å². The van der Waals surface area contributed by atoms with Crippen molar-refractivity contribution in [3.05, 3.63) is 71.7 Å². The molecule has 0 aliphatic carbocycles. The van der Waals surface area contributed by atoms with Gasteiger partial charge in [0.1, 0.15) is 5.82 Å². The number of halogens is 1. The number of methoxy groups -OCH3 is 1. The molecule has 4 rings (SSSR count). The van der Waals surface area contributed by atoms with E-state index in [9.17, 15) is 4.39 Å². The van der Waals surface area contributed by atoms with Gasteiger partial charge in [-0.2, -0.15) is 5.10 Å². The van der Waals surface area contributed by atoms with Crippen LogP contribution >= 0.6 is 0 Å². The van der Waals surface area contributed by atoms with E-state index in [-0.39, 0.29) is 5.82 Å². The minimum atomic E-state index is -0.242. The van der Waals surface area contributed by atoms with Crippen molar-refractivity contribution in [2.45, 2.75) is 19.9 Å². The molecule has 2 aromatic carbocycles. The van der Waals surface area contributed by atoms with Crippen LogP contribution in [0.5, 0.6) is 0 Å². The molecule has 1 aromatic heterocycles. The van der Waals surface area contributed by atoms with Crippen LogP contribution < -0.4 is 0 Å². The van der Waals surface area contributed by atoms with Crippen molar-refractivity contribution in [2.24, 2.45) is 5.92 Å². The molecule has 1 fully saturated rings. The van der Waals surface area contributed by atoms with Crippen molar-refractivity contribution in [2.75, 3.05) is 46.9 Å². The van der Waals surface area contributed by atoms with Gasteiger partial charge in [-0.1, -0.05) is 24.3 Å². The average molecular weight is 437 g/mol. The fourth-order valence-electron chi connectivity index (χ4n) is 4.59. The molecule has 2 heterocycles. The normalized spacial score (nSPS) is 16.8. The molecule has 1 aliphatic heterocycles. The van der Waals surface area contributed by atoms with Crippen LogP contribution in [-0.2, 0) is 11.3 Å². The number of aromatic nitrogens is 2. The van der Waals surface area contributed by atoms with E-state index >= 15 is 0 Å². The fraction of sp³-hybridized carbons (Fsp3) is 0.423. The predicted molar refractivity (Wildman–Crippen MR) is 126 cm³/mol. The second-order valence-electron chi connectivity index (χ2n) is 8.94. The standard InChI is InChI=1S/C26H33FN4O/c1-20-6-4-9-25(14-20)31-19-23(26(28-31)22-7-5-8-24(27)15-22)18-29(2)16-21-10-11-30(17-21)12-13-32-3/h4-9,14-15,19,21H,10-13,16-18H2,1-3H3. The van der Waals surface area contributed by atoms with E-state index in [1.54, 1.807) is 19.2 Å². The van der Waals surface area contributed by atoms with Crippen LogP contribution in [0.2, 0.25) is 0 Å². The summed E-state index contributed by atoms with van der Waals surface area (Å²) in [6.07, 6.45) is 3.30. The van der Waals surface area contributed by atoms with Crippen LogP contribution in [-0.4, -0.2) is 66.5 Å². The Labute approximate surface area is 190 Å². The fourth-order valence-corrected chi connectivity index (χ4v) is 4.59. The lowest BCUT2D eigenvalue weighted by molar-refractivity contribution is 0.157. The van der Waals surface area contributed by atoms with Crippen LogP contribution in [0.25, 0.3) is 16.9 Å². The number of benzene rings is 2. The van der Waals surface area contributed by atoms with Crippen molar-refractivity contribution >= 4 is 0 Å². The second kappa shape index (κ2) is 10.4. The number of likely N-dealkylation sites (tertiary alicyclic amines) is 1. The minimum Gasteiger partial charge on any atom is -0.383 e. The molecule has 1 saturated heterocycles. The minimum absolute atomic E-state index is 0.242. The first-order valence-corrected chi connectivity index (χ1v) is 11.3. The largest absolute Gasteiger partial charge is 0.383 e. The molecule has 32 heavy (non-hydrogen) atoms. The van der Waals surface area contributed by atoms with Crippen LogP contribution in [0.1, 0.15) is 17.5 Å². The van der Waals surface area contributed by atoms with Gasteiger partial charge in [-0.15, -0.1) is 0 Å². The van der Waals surface area contributed by atoms with E-state index in [2.05, 4.69) is 48.2 Å². The molecule has 170 valence electrons. The summed E-state index contributed by atoms with van der Waals surface area (Å²) in [5.74, 6) is 0.412. The summed E-state index contributed by atoms with van der Waals surface area (Å²) in [7, 11) is 3.92. The second-order valence-corrected chi connectivity index (χ2v) is 8.94. The molecule has 6 heteroatoms. The van der Waals surface area contributed by atoms with E-state index in [1.807, 2.05) is 16.8 Å². The van der Waals surface area contributed by atoms with E-state index in [0.29, 0.717) is 5.92 Å². The van der Waals surface area contributed by atoms with Crippen molar-refractivity contribution in [3.8, 4) is 16.9 Å². The first-order valence-electron chi connectivity index (χ1n) is 11.3. The third-order valence-electron chi connectivity index (χ3n) is 6.15. The Bertz CT molecular complexity index is 1030. The monoisotopic (exact) mass is 436 g/mol. The number of nitrogens with zero attached hydrogens (tertiary/aromatic N) is 4. The van der Waals surface area contributed by atoms with Gasteiger partial charge in [-0.25, -0.2) is 9.07 Å². The van der Waals surface area contributed by atoms with Gasteiger partial charge < -0.3 is 14.5 Å². The van der Waals surface area contributed by atoms with Crippen LogP contribution in [0.15, 0.2) is 54.7 Å². The van der Waals surface area contributed by atoms with Crippen LogP contribution in [0, 0.1) is 18.7 Å². The molecular formula is C26H33FN4O. The predicted octanol–water partition coefficient (Wildman–Crippen LogP) is 4.39. The van der Waals surface area contributed by atoms with Crippen LogP contribution in [0.3, 0.4) is 0 Å². The highest BCUT2D eigenvalue weighted by Crippen LogP contribution is 2.26. The Kier molecular flexibility index (Phi) is 7.35. The van der Waals surface area contributed by atoms with Crippen molar-refractivity contribution < 1.29 is 9.13 Å². The SMILES string of the molecule is COCCN1CCC(CN(C)Cc2cn(-c3cccc(C)c3)nc2-c2cccc(F)c2)C1. The Hall–Kier alpha value is -2.54. The Morgan fingerprint density at radius 1 is 1.19 bits per heavy atom. The van der Waals surface area contributed by atoms with Gasteiger partial charge in [-0.05, 0) is 62.7 Å². The van der Waals surface area contributed by atoms with Gasteiger partial charge >= 0.3 is 0 Å². The van der Waals surface area contributed by atoms with Gasteiger partial charge in [-0.3, -0.25) is 0 Å². The van der Waals surface area contributed by atoms with Gasteiger partial charge in [0, 0.05) is 50.6 Å². The van der Waals surface area contributed by atoms with E-state index < -0.39 is 0 Å². The molecule has 0 N–H and O–H groups in total. The lowest BCUT2D eigenvalue weighted by Gasteiger charge is -2.21. The molecule has 5 nitrogen and oxygen atoms in total. The van der Waals surface area contributed by atoms with Gasteiger partial charge in [0.25, 0.3) is 0 Å². The zero-order valence-corrected chi connectivity index (χ0v) is 19.3. The number of ether oxygens (including phenoxy) is 1. The summed E-state index contributed by atoms with van der Waals surface area (Å²) in [5, 5.41) is 4.86. The maximum absolute atomic E-state index is 14.0. The molecule has 1 unspecified atom stereocenters. The summed E-state index contributed by atoms with van der Waals surface area (Å²) >= 11 is 0. The van der Waals surface area contributed by atoms with Gasteiger partial charge in [0.05, 0.1) is 18.0 Å². The maximum atomic E-state index is 14.0. The van der Waals surface area contributed by atoms with Gasteiger partial charge in [0.15, 0.2) is 0 Å². The third kappa shape index (κ3) is 5.63. The first-order chi connectivity index (χ1) is 15.5. The van der Waals surface area contributed by atoms with E-state index in [0.717, 1.165) is 61.8 Å². The van der Waals surface area contributed by atoms with E-state index in [1.165, 1.54) is 18.1 Å². The molecule has 1 atom stereocenters. The lowest BCUT2D eigenvalue weighted by Crippen LogP contribution is -2.29. The number of hydrogen-bond donors (Lipinski definition) is 0. The summed E-state index contributed by atoms with van der Waals surface area (Å²) in [6, 6.07) is 15.0. The summed E-state index contributed by atoms with van der Waals surface area (Å²) in [4.78, 5) is 4.85. The average Bonchev–Trinajstić information content (AvgIpc) is 3.39.